The molecule has 2 aromatic carbocycles. The lowest BCUT2D eigenvalue weighted by molar-refractivity contribution is -0.286. The number of ether oxygens (including phenoxy) is 5. The predicted molar refractivity (Wildman–Crippen MR) is 142 cm³/mol. The molecule has 0 bridgehead atoms. The molecule has 2 aromatic rings. The number of alkyl halides is 2. The van der Waals surface area contributed by atoms with Crippen LogP contribution in [0.25, 0.3) is 0 Å². The van der Waals surface area contributed by atoms with Crippen molar-refractivity contribution in [3.8, 4) is 17.2 Å². The van der Waals surface area contributed by atoms with Crippen molar-refractivity contribution in [2.45, 2.75) is 78.5 Å². The molecule has 0 aromatic heterocycles. The van der Waals surface area contributed by atoms with Crippen molar-refractivity contribution < 1.29 is 42.1 Å². The number of fused-ring (bicyclic) bond motifs is 1. The highest BCUT2D eigenvalue weighted by Crippen LogP contribution is 2.41. The van der Waals surface area contributed by atoms with Crippen LogP contribution in [0.15, 0.2) is 42.5 Å². The van der Waals surface area contributed by atoms with Gasteiger partial charge in [-0.2, -0.15) is 0 Å². The van der Waals surface area contributed by atoms with Crippen molar-refractivity contribution in [3.63, 3.8) is 0 Å². The van der Waals surface area contributed by atoms with Gasteiger partial charge in [0.2, 0.25) is 0 Å². The zero-order valence-corrected chi connectivity index (χ0v) is 23.8. The molecule has 0 aliphatic carbocycles. The van der Waals surface area contributed by atoms with E-state index in [0.29, 0.717) is 37.2 Å². The fourth-order valence-corrected chi connectivity index (χ4v) is 4.69. The van der Waals surface area contributed by atoms with Crippen LogP contribution in [0.1, 0.15) is 59.1 Å². The lowest BCUT2D eigenvalue weighted by Crippen LogP contribution is -2.38. The molecule has 0 radical (unpaired) electrons. The Hall–Kier alpha value is -3.56. The smallest absolute Gasteiger partial charge is 0.489 e. The Balaban J connectivity index is 1.44. The van der Waals surface area contributed by atoms with E-state index in [0.717, 1.165) is 5.56 Å². The molecule has 0 saturated carbocycles. The lowest BCUT2D eigenvalue weighted by atomic mass is 9.86. The summed E-state index contributed by atoms with van der Waals surface area (Å²) in [5, 5.41) is 0. The van der Waals surface area contributed by atoms with Crippen molar-refractivity contribution in [1.29, 1.82) is 0 Å². The van der Waals surface area contributed by atoms with Crippen molar-refractivity contribution in [2.24, 2.45) is 11.8 Å². The second-order valence-electron chi connectivity index (χ2n) is 12.2. The lowest BCUT2D eigenvalue weighted by Gasteiger charge is -2.28. The number of esters is 1. The van der Waals surface area contributed by atoms with E-state index in [1.54, 1.807) is 17.0 Å². The van der Waals surface area contributed by atoms with Crippen molar-refractivity contribution >= 4 is 12.1 Å². The summed E-state index contributed by atoms with van der Waals surface area (Å²) < 4.78 is 52.8. The molecule has 2 aliphatic rings. The van der Waals surface area contributed by atoms with Crippen molar-refractivity contribution in [1.82, 2.24) is 4.90 Å². The van der Waals surface area contributed by atoms with E-state index < -0.39 is 23.4 Å². The fraction of sp³-hybridized carbons (Fsp3) is 0.533. The maximum absolute atomic E-state index is 13.3. The van der Waals surface area contributed by atoms with Gasteiger partial charge < -0.3 is 28.6 Å². The molecule has 8 nitrogen and oxygen atoms in total. The normalized spacial score (nSPS) is 18.8. The summed E-state index contributed by atoms with van der Waals surface area (Å²) in [5.41, 5.74) is 0.240. The predicted octanol–water partition coefficient (Wildman–Crippen LogP) is 6.34. The van der Waals surface area contributed by atoms with Crippen LogP contribution in [0, 0.1) is 11.8 Å². The molecule has 2 heterocycles. The van der Waals surface area contributed by atoms with Gasteiger partial charge in [-0.3, -0.25) is 4.79 Å². The first kappa shape index (κ1) is 29.4. The number of amides is 1. The van der Waals surface area contributed by atoms with E-state index in [1.165, 1.54) is 12.1 Å². The summed E-state index contributed by atoms with van der Waals surface area (Å²) in [6.07, 6.45) is -3.01. The van der Waals surface area contributed by atoms with Gasteiger partial charge >= 0.3 is 18.4 Å². The van der Waals surface area contributed by atoms with Crippen molar-refractivity contribution in [2.75, 3.05) is 13.1 Å². The Kier molecular flexibility index (Phi) is 8.19. The Bertz CT molecular complexity index is 1240. The third-order valence-electron chi connectivity index (χ3n) is 6.38. The van der Waals surface area contributed by atoms with Gasteiger partial charge in [-0.05, 0) is 95.7 Å². The minimum atomic E-state index is -3.68. The molecule has 218 valence electrons. The van der Waals surface area contributed by atoms with Crippen molar-refractivity contribution in [3.05, 3.63) is 53.6 Å². The third-order valence-corrected chi connectivity index (χ3v) is 6.38. The summed E-state index contributed by atoms with van der Waals surface area (Å²) >= 11 is 0. The van der Waals surface area contributed by atoms with Crippen LogP contribution < -0.4 is 14.2 Å². The van der Waals surface area contributed by atoms with Crippen LogP contribution >= 0.6 is 0 Å². The molecule has 1 amide bonds. The first-order valence-corrected chi connectivity index (χ1v) is 13.4. The molecule has 0 spiro atoms. The first-order chi connectivity index (χ1) is 18.6. The number of carbonyl (C=O) groups is 2. The first-order valence-electron chi connectivity index (χ1n) is 13.4. The molecule has 0 N–H and O–H groups in total. The maximum atomic E-state index is 13.3. The Morgan fingerprint density at radius 3 is 2.38 bits per heavy atom. The van der Waals surface area contributed by atoms with E-state index in [4.69, 9.17) is 14.2 Å². The molecular weight excluding hydrogens is 524 g/mol. The van der Waals surface area contributed by atoms with E-state index in [2.05, 4.69) is 9.47 Å². The zero-order chi connectivity index (χ0) is 29.3. The highest BCUT2D eigenvalue weighted by atomic mass is 19.3. The third kappa shape index (κ3) is 7.99. The zero-order valence-electron chi connectivity index (χ0n) is 23.8. The molecule has 2 aliphatic heterocycles. The van der Waals surface area contributed by atoms with E-state index in [-0.39, 0.29) is 36.1 Å². The van der Waals surface area contributed by atoms with Gasteiger partial charge in [0.1, 0.15) is 23.6 Å². The van der Waals surface area contributed by atoms with Crippen LogP contribution in [0.4, 0.5) is 13.6 Å². The van der Waals surface area contributed by atoms with Crippen LogP contribution in [0.5, 0.6) is 17.2 Å². The topological polar surface area (TPSA) is 83.5 Å². The summed E-state index contributed by atoms with van der Waals surface area (Å²) in [6.45, 7) is 12.0. The second kappa shape index (κ2) is 11.1. The summed E-state index contributed by atoms with van der Waals surface area (Å²) in [6, 6.07) is 11.9. The van der Waals surface area contributed by atoms with Gasteiger partial charge in [0.25, 0.3) is 0 Å². The standard InChI is InChI=1S/C30H37F2NO7/c1-28(2,3)39-26(34)23(21-12-13-33(17-21)27(35)40-29(4,5)6)15-19-8-7-9-22(14-19)36-18-20-10-11-24-25(16-20)38-30(31,32)37-24/h7-11,14,16,21,23H,12-13,15,17-18H2,1-6H3/t21-,23-/m0/s1. The summed E-state index contributed by atoms with van der Waals surface area (Å²) in [4.78, 5) is 27.6. The van der Waals surface area contributed by atoms with Gasteiger partial charge in [0.15, 0.2) is 11.5 Å². The average molecular weight is 562 g/mol. The average Bonchev–Trinajstić information content (AvgIpc) is 3.42. The van der Waals surface area contributed by atoms with Gasteiger partial charge in [-0.25, -0.2) is 4.79 Å². The number of halogens is 2. The molecule has 10 heteroatoms. The fourth-order valence-electron chi connectivity index (χ4n) is 4.69. The van der Waals surface area contributed by atoms with Gasteiger partial charge in [0, 0.05) is 13.1 Å². The molecule has 1 saturated heterocycles. The quantitative estimate of drug-likeness (QED) is 0.365. The summed E-state index contributed by atoms with van der Waals surface area (Å²) in [7, 11) is 0. The van der Waals surface area contributed by atoms with Gasteiger partial charge in [-0.15, -0.1) is 8.78 Å². The Morgan fingerprint density at radius 2 is 1.68 bits per heavy atom. The molecule has 40 heavy (non-hydrogen) atoms. The largest absolute Gasteiger partial charge is 0.586 e. The number of carbonyl (C=O) groups excluding carboxylic acids is 2. The molecule has 0 unspecified atom stereocenters. The molecular formula is C30H37F2NO7. The number of nitrogens with zero attached hydrogens (tertiary/aromatic N) is 1. The van der Waals surface area contributed by atoms with E-state index >= 15 is 0 Å². The highest BCUT2D eigenvalue weighted by molar-refractivity contribution is 5.74. The monoisotopic (exact) mass is 561 g/mol. The van der Waals surface area contributed by atoms with E-state index in [1.807, 2.05) is 59.7 Å². The molecule has 2 atom stereocenters. The number of rotatable bonds is 7. The maximum Gasteiger partial charge on any atom is 0.586 e. The van der Waals surface area contributed by atoms with Crippen LogP contribution in [-0.4, -0.2) is 47.5 Å². The van der Waals surface area contributed by atoms with Crippen LogP contribution in [0.3, 0.4) is 0 Å². The Labute approximate surface area is 233 Å². The molecule has 4 rings (SSSR count). The number of benzene rings is 2. The van der Waals surface area contributed by atoms with Crippen LogP contribution in [-0.2, 0) is 27.3 Å². The number of hydrogen-bond donors (Lipinski definition) is 0. The number of hydrogen-bond acceptors (Lipinski definition) is 7. The second-order valence-corrected chi connectivity index (χ2v) is 12.2. The van der Waals surface area contributed by atoms with E-state index in [9.17, 15) is 18.4 Å². The minimum Gasteiger partial charge on any atom is -0.489 e. The SMILES string of the molecule is CC(C)(C)OC(=O)[C@@H](Cc1cccc(OCc2ccc3c(c2)OC(F)(F)O3)c1)[C@H]1CCN(C(=O)OC(C)(C)C)C1. The van der Waals surface area contributed by atoms with Gasteiger partial charge in [0.05, 0.1) is 5.92 Å². The number of likely N-dealkylation sites (tertiary alicyclic amines) is 1. The summed E-state index contributed by atoms with van der Waals surface area (Å²) in [5.74, 6) is -0.397. The minimum absolute atomic E-state index is 0.0268. The molecule has 1 fully saturated rings. The van der Waals surface area contributed by atoms with Crippen LogP contribution in [0.2, 0.25) is 0 Å². The highest BCUT2D eigenvalue weighted by Gasteiger charge is 2.43. The Morgan fingerprint density at radius 1 is 0.975 bits per heavy atom. The van der Waals surface area contributed by atoms with Gasteiger partial charge in [-0.1, -0.05) is 18.2 Å².